The molecule has 1 aliphatic heterocycles. The number of hydrogen-bond donors (Lipinski definition) is 1. The number of aliphatic carboxylic acids is 1. The SMILES string of the molecule is CC(C)(C)c1ccc2c(c1)N(C(=O)CCC(=O)O)CCO2. The highest BCUT2D eigenvalue weighted by atomic mass is 16.5. The number of ether oxygens (including phenoxy) is 1. The monoisotopic (exact) mass is 291 g/mol. The van der Waals surface area contributed by atoms with Crippen molar-refractivity contribution in [3.63, 3.8) is 0 Å². The van der Waals surface area contributed by atoms with E-state index in [1.54, 1.807) is 4.90 Å². The van der Waals surface area contributed by atoms with Gasteiger partial charge in [0.1, 0.15) is 12.4 Å². The van der Waals surface area contributed by atoms with Crippen LogP contribution in [-0.2, 0) is 15.0 Å². The lowest BCUT2D eigenvalue weighted by Gasteiger charge is -2.31. The molecule has 0 aliphatic carbocycles. The fourth-order valence-corrected chi connectivity index (χ4v) is 2.29. The van der Waals surface area contributed by atoms with Gasteiger partial charge >= 0.3 is 5.97 Å². The Morgan fingerprint density at radius 1 is 1.29 bits per heavy atom. The largest absolute Gasteiger partial charge is 0.490 e. The maximum absolute atomic E-state index is 12.2. The van der Waals surface area contributed by atoms with Crippen LogP contribution in [0.2, 0.25) is 0 Å². The fraction of sp³-hybridized carbons (Fsp3) is 0.500. The van der Waals surface area contributed by atoms with Crippen molar-refractivity contribution in [3.05, 3.63) is 23.8 Å². The fourth-order valence-electron chi connectivity index (χ4n) is 2.29. The summed E-state index contributed by atoms with van der Waals surface area (Å²) in [6, 6.07) is 5.85. The van der Waals surface area contributed by atoms with Crippen LogP contribution in [0.3, 0.4) is 0 Å². The summed E-state index contributed by atoms with van der Waals surface area (Å²) in [5, 5.41) is 8.71. The molecule has 0 atom stereocenters. The van der Waals surface area contributed by atoms with Crippen LogP contribution >= 0.6 is 0 Å². The number of carboxylic acids is 1. The topological polar surface area (TPSA) is 66.8 Å². The van der Waals surface area contributed by atoms with Gasteiger partial charge in [-0.2, -0.15) is 0 Å². The van der Waals surface area contributed by atoms with Crippen LogP contribution in [0.1, 0.15) is 39.2 Å². The molecule has 0 spiro atoms. The van der Waals surface area contributed by atoms with Gasteiger partial charge < -0.3 is 14.7 Å². The van der Waals surface area contributed by atoms with E-state index in [4.69, 9.17) is 9.84 Å². The number of benzene rings is 1. The van der Waals surface area contributed by atoms with Crippen molar-refractivity contribution in [1.82, 2.24) is 0 Å². The molecule has 5 heteroatoms. The van der Waals surface area contributed by atoms with Crippen molar-refractivity contribution >= 4 is 17.6 Å². The first kappa shape index (κ1) is 15.4. The lowest BCUT2D eigenvalue weighted by Crippen LogP contribution is -2.38. The van der Waals surface area contributed by atoms with Crippen molar-refractivity contribution in [1.29, 1.82) is 0 Å². The number of carbonyl (C=O) groups is 2. The van der Waals surface area contributed by atoms with Crippen LogP contribution in [-0.4, -0.2) is 30.1 Å². The normalized spacial score (nSPS) is 14.3. The van der Waals surface area contributed by atoms with Crippen molar-refractivity contribution in [3.8, 4) is 5.75 Å². The minimum atomic E-state index is -0.958. The van der Waals surface area contributed by atoms with Gasteiger partial charge in [-0.15, -0.1) is 0 Å². The summed E-state index contributed by atoms with van der Waals surface area (Å²) in [6.07, 6.45) is -0.140. The summed E-state index contributed by atoms with van der Waals surface area (Å²) in [5.41, 5.74) is 1.83. The van der Waals surface area contributed by atoms with Crippen LogP contribution in [0.15, 0.2) is 18.2 Å². The quantitative estimate of drug-likeness (QED) is 0.929. The first-order valence-corrected chi connectivity index (χ1v) is 7.08. The molecule has 1 aromatic carbocycles. The molecule has 0 saturated heterocycles. The zero-order chi connectivity index (χ0) is 15.6. The molecular formula is C16H21NO4. The van der Waals surface area contributed by atoms with E-state index in [1.807, 2.05) is 18.2 Å². The predicted molar refractivity (Wildman–Crippen MR) is 79.9 cm³/mol. The number of nitrogens with zero attached hydrogens (tertiary/aromatic N) is 1. The lowest BCUT2D eigenvalue weighted by molar-refractivity contribution is -0.138. The predicted octanol–water partition coefficient (Wildman–Crippen LogP) is 2.57. The molecule has 0 radical (unpaired) electrons. The molecule has 0 fully saturated rings. The van der Waals surface area contributed by atoms with Gasteiger partial charge in [0.15, 0.2) is 0 Å². The highest BCUT2D eigenvalue weighted by Crippen LogP contribution is 2.36. The third kappa shape index (κ3) is 3.54. The molecule has 1 amide bonds. The molecular weight excluding hydrogens is 270 g/mol. The number of anilines is 1. The van der Waals surface area contributed by atoms with Crippen LogP contribution < -0.4 is 9.64 Å². The Bertz CT molecular complexity index is 560. The third-order valence-corrected chi connectivity index (χ3v) is 3.54. The van der Waals surface area contributed by atoms with E-state index in [0.29, 0.717) is 18.9 Å². The van der Waals surface area contributed by atoms with Gasteiger partial charge in [-0.1, -0.05) is 26.8 Å². The Kier molecular flexibility index (Phi) is 4.21. The summed E-state index contributed by atoms with van der Waals surface area (Å²) in [5.74, 6) is -0.453. The van der Waals surface area contributed by atoms with Crippen molar-refractivity contribution < 1.29 is 19.4 Å². The average molecular weight is 291 g/mol. The number of carbonyl (C=O) groups excluding carboxylic acids is 1. The maximum atomic E-state index is 12.2. The number of fused-ring (bicyclic) bond motifs is 1. The number of carboxylic acid groups (broad SMARTS) is 1. The van der Waals surface area contributed by atoms with Crippen LogP contribution in [0.5, 0.6) is 5.75 Å². The number of rotatable bonds is 3. The second-order valence-electron chi connectivity index (χ2n) is 6.22. The summed E-state index contributed by atoms with van der Waals surface area (Å²) < 4.78 is 5.59. The minimum Gasteiger partial charge on any atom is -0.490 e. The molecule has 1 aliphatic rings. The zero-order valence-electron chi connectivity index (χ0n) is 12.7. The Morgan fingerprint density at radius 3 is 2.62 bits per heavy atom. The standard InChI is InChI=1S/C16H21NO4/c1-16(2,3)11-4-5-13-12(10-11)17(8-9-21-13)14(18)6-7-15(19)20/h4-5,10H,6-9H2,1-3H3,(H,19,20). The van der Waals surface area contributed by atoms with Gasteiger partial charge in [0.2, 0.25) is 5.91 Å². The molecule has 0 unspecified atom stereocenters. The molecule has 21 heavy (non-hydrogen) atoms. The highest BCUT2D eigenvalue weighted by Gasteiger charge is 2.26. The third-order valence-electron chi connectivity index (χ3n) is 3.54. The van der Waals surface area contributed by atoms with Crippen LogP contribution in [0, 0.1) is 0 Å². The van der Waals surface area contributed by atoms with Gasteiger partial charge in [-0.3, -0.25) is 9.59 Å². The van der Waals surface area contributed by atoms with Gasteiger partial charge in [0.25, 0.3) is 0 Å². The summed E-state index contributed by atoms with van der Waals surface area (Å²) in [4.78, 5) is 24.5. The molecule has 0 bridgehead atoms. The summed E-state index contributed by atoms with van der Waals surface area (Å²) >= 11 is 0. The Morgan fingerprint density at radius 2 is 2.00 bits per heavy atom. The molecule has 0 saturated carbocycles. The highest BCUT2D eigenvalue weighted by molar-refractivity contribution is 5.96. The number of amides is 1. The van der Waals surface area contributed by atoms with E-state index in [2.05, 4.69) is 20.8 Å². The van der Waals surface area contributed by atoms with E-state index < -0.39 is 5.97 Å². The molecule has 1 N–H and O–H groups in total. The number of hydrogen-bond acceptors (Lipinski definition) is 3. The molecule has 2 rings (SSSR count). The molecule has 0 aromatic heterocycles. The van der Waals surface area contributed by atoms with Gasteiger partial charge in [0.05, 0.1) is 18.7 Å². The zero-order valence-corrected chi connectivity index (χ0v) is 12.7. The average Bonchev–Trinajstić information content (AvgIpc) is 2.42. The smallest absolute Gasteiger partial charge is 0.303 e. The summed E-state index contributed by atoms with van der Waals surface area (Å²) in [7, 11) is 0. The lowest BCUT2D eigenvalue weighted by atomic mass is 9.86. The maximum Gasteiger partial charge on any atom is 0.303 e. The van der Waals surface area contributed by atoms with Crippen LogP contribution in [0.25, 0.3) is 0 Å². The minimum absolute atomic E-state index is 0.00845. The Hall–Kier alpha value is -2.04. The molecule has 1 aromatic rings. The second kappa shape index (κ2) is 5.76. The van der Waals surface area contributed by atoms with E-state index >= 15 is 0 Å². The molecule has 1 heterocycles. The van der Waals surface area contributed by atoms with Gasteiger partial charge in [-0.25, -0.2) is 0 Å². The Balaban J connectivity index is 2.28. The first-order valence-electron chi connectivity index (χ1n) is 7.08. The van der Waals surface area contributed by atoms with E-state index in [1.165, 1.54) is 0 Å². The van der Waals surface area contributed by atoms with Crippen molar-refractivity contribution in [2.75, 3.05) is 18.1 Å². The van der Waals surface area contributed by atoms with E-state index in [0.717, 1.165) is 11.3 Å². The molecule has 5 nitrogen and oxygen atoms in total. The van der Waals surface area contributed by atoms with Gasteiger partial charge in [-0.05, 0) is 23.1 Å². The van der Waals surface area contributed by atoms with Crippen LogP contribution in [0.4, 0.5) is 5.69 Å². The summed E-state index contributed by atoms with van der Waals surface area (Å²) in [6.45, 7) is 7.21. The first-order chi connectivity index (χ1) is 9.79. The van der Waals surface area contributed by atoms with E-state index in [9.17, 15) is 9.59 Å². The molecule has 114 valence electrons. The van der Waals surface area contributed by atoms with Crippen molar-refractivity contribution in [2.24, 2.45) is 0 Å². The van der Waals surface area contributed by atoms with Gasteiger partial charge in [0, 0.05) is 6.42 Å². The van der Waals surface area contributed by atoms with E-state index in [-0.39, 0.29) is 24.2 Å². The van der Waals surface area contributed by atoms with Crippen molar-refractivity contribution in [2.45, 2.75) is 39.0 Å². The second-order valence-corrected chi connectivity index (χ2v) is 6.22. The Labute approximate surface area is 124 Å².